The normalized spacial score (nSPS) is 22.3. The van der Waals surface area contributed by atoms with Crippen molar-refractivity contribution in [2.75, 3.05) is 20.6 Å². The molecule has 1 heterocycles. The minimum atomic E-state index is -0.348. The quantitative estimate of drug-likeness (QED) is 0.387. The number of aliphatic hydroxyl groups excluding tert-OH is 1. The maximum Gasteiger partial charge on any atom is 0.273 e. The first-order chi connectivity index (χ1) is 5.57. The molecular weight excluding hydrogens is 160 g/mol. The van der Waals surface area contributed by atoms with E-state index in [1.807, 2.05) is 0 Å². The number of amides is 2. The van der Waals surface area contributed by atoms with Gasteiger partial charge >= 0.3 is 0 Å². The van der Waals surface area contributed by atoms with E-state index in [-0.39, 0.29) is 24.1 Å². The number of nitrogens with zero attached hydrogens (tertiary/aromatic N) is 2. The van der Waals surface area contributed by atoms with E-state index in [2.05, 4.69) is 0 Å². The zero-order valence-electron chi connectivity index (χ0n) is 6.94. The highest BCUT2D eigenvalue weighted by atomic mass is 16.2. The van der Waals surface area contributed by atoms with E-state index in [0.717, 1.165) is 4.90 Å². The summed E-state index contributed by atoms with van der Waals surface area (Å²) in [6.07, 6.45) is 0.649. The summed E-state index contributed by atoms with van der Waals surface area (Å²) in [4.78, 5) is 24.7. The smallest absolute Gasteiger partial charge is 0.273 e. The molecule has 0 bridgehead atoms. The topological polar surface area (TPSA) is 60.9 Å². The van der Waals surface area contributed by atoms with Crippen LogP contribution in [0.15, 0.2) is 12.0 Å². The summed E-state index contributed by atoms with van der Waals surface area (Å²) >= 11 is 0. The molecule has 0 saturated carbocycles. The van der Waals surface area contributed by atoms with Crippen LogP contribution in [0.5, 0.6) is 0 Å². The Kier molecular flexibility index (Phi) is 2.03. The highest BCUT2D eigenvalue weighted by Gasteiger charge is 2.30. The van der Waals surface area contributed by atoms with E-state index >= 15 is 0 Å². The van der Waals surface area contributed by atoms with Crippen LogP contribution in [0.25, 0.3) is 0 Å². The Hall–Kier alpha value is -1.52. The van der Waals surface area contributed by atoms with Gasteiger partial charge in [0.25, 0.3) is 5.91 Å². The lowest BCUT2D eigenvalue weighted by Crippen LogP contribution is -2.48. The molecule has 0 spiro atoms. The zero-order chi connectivity index (χ0) is 9.30. The Balaban J connectivity index is 2.97. The number of rotatable bonds is 0. The highest BCUT2D eigenvalue weighted by molar-refractivity contribution is 6.02. The summed E-state index contributed by atoms with van der Waals surface area (Å²) < 4.78 is 0. The van der Waals surface area contributed by atoms with Crippen LogP contribution in [-0.2, 0) is 9.59 Å². The van der Waals surface area contributed by atoms with Crippen molar-refractivity contribution in [3.05, 3.63) is 12.0 Å². The molecule has 0 unspecified atom stereocenters. The maximum absolute atomic E-state index is 11.2. The van der Waals surface area contributed by atoms with Gasteiger partial charge in [0.2, 0.25) is 5.91 Å². The van der Waals surface area contributed by atoms with Gasteiger partial charge in [0, 0.05) is 14.1 Å². The third kappa shape index (κ3) is 1.13. The summed E-state index contributed by atoms with van der Waals surface area (Å²) in [6.45, 7) is 0.0622. The van der Waals surface area contributed by atoms with Crippen LogP contribution < -0.4 is 0 Å². The van der Waals surface area contributed by atoms with Crippen LogP contribution in [-0.4, -0.2) is 47.4 Å². The minimum Gasteiger partial charge on any atom is -0.513 e. The number of carbonyl (C=O) groups excluding carboxylic acids is 2. The van der Waals surface area contributed by atoms with Gasteiger partial charge in [-0.15, -0.1) is 0 Å². The Morgan fingerprint density at radius 1 is 1.42 bits per heavy atom. The minimum absolute atomic E-state index is 0.00810. The van der Waals surface area contributed by atoms with Gasteiger partial charge in [0.1, 0.15) is 18.5 Å². The van der Waals surface area contributed by atoms with E-state index in [4.69, 9.17) is 5.11 Å². The predicted molar refractivity (Wildman–Crippen MR) is 41.1 cm³/mol. The highest BCUT2D eigenvalue weighted by Crippen LogP contribution is 2.11. The molecular formula is C7H10N2O3. The van der Waals surface area contributed by atoms with Crippen molar-refractivity contribution in [1.82, 2.24) is 9.80 Å². The fourth-order valence-electron chi connectivity index (χ4n) is 0.996. The number of hydrogen-bond donors (Lipinski definition) is 1. The van der Waals surface area contributed by atoms with Crippen LogP contribution in [0.4, 0.5) is 0 Å². The molecule has 2 amide bonds. The third-order valence-corrected chi connectivity index (χ3v) is 1.80. The summed E-state index contributed by atoms with van der Waals surface area (Å²) in [6, 6.07) is 0. The Labute approximate surface area is 69.9 Å². The molecule has 1 fully saturated rings. The first-order valence-corrected chi connectivity index (χ1v) is 3.44. The maximum atomic E-state index is 11.2. The number of hydrogen-bond acceptors (Lipinski definition) is 3. The molecule has 0 aliphatic carbocycles. The second-order valence-electron chi connectivity index (χ2n) is 2.63. The molecule has 5 nitrogen and oxygen atoms in total. The SMILES string of the molecule is CN1CC(=O)N(C)C(=CO)C1=O. The molecule has 0 aromatic heterocycles. The predicted octanol–water partition coefficient (Wildman–Crippen LogP) is -0.684. The number of carbonyl (C=O) groups is 2. The molecule has 5 heteroatoms. The monoisotopic (exact) mass is 170 g/mol. The molecule has 0 atom stereocenters. The van der Waals surface area contributed by atoms with E-state index in [1.54, 1.807) is 0 Å². The van der Waals surface area contributed by atoms with Crippen molar-refractivity contribution in [2.45, 2.75) is 0 Å². The molecule has 1 aliphatic heterocycles. The van der Waals surface area contributed by atoms with Crippen LogP contribution in [0.2, 0.25) is 0 Å². The first kappa shape index (κ1) is 8.58. The number of aliphatic hydroxyl groups is 1. The van der Waals surface area contributed by atoms with Gasteiger partial charge in [0.15, 0.2) is 0 Å². The van der Waals surface area contributed by atoms with Crippen LogP contribution in [0.3, 0.4) is 0 Å². The van der Waals surface area contributed by atoms with Crippen molar-refractivity contribution in [3.63, 3.8) is 0 Å². The summed E-state index contributed by atoms with van der Waals surface area (Å²) in [5.74, 6) is -0.558. The molecule has 66 valence electrons. The molecule has 0 radical (unpaired) electrons. The van der Waals surface area contributed by atoms with Crippen molar-refractivity contribution < 1.29 is 14.7 Å². The van der Waals surface area contributed by atoms with Crippen molar-refractivity contribution in [3.8, 4) is 0 Å². The van der Waals surface area contributed by atoms with Gasteiger partial charge in [-0.1, -0.05) is 0 Å². The average molecular weight is 170 g/mol. The lowest BCUT2D eigenvalue weighted by Gasteiger charge is -2.30. The molecule has 0 aromatic rings. The van der Waals surface area contributed by atoms with Gasteiger partial charge in [-0.05, 0) is 0 Å². The van der Waals surface area contributed by atoms with Crippen molar-refractivity contribution in [1.29, 1.82) is 0 Å². The van der Waals surface area contributed by atoms with Crippen LogP contribution >= 0.6 is 0 Å². The molecule has 0 aromatic carbocycles. The Morgan fingerprint density at radius 2 is 2.00 bits per heavy atom. The largest absolute Gasteiger partial charge is 0.513 e. The standard InChI is InChI=1S/C7H10N2O3/c1-8-3-6(11)9(2)5(4-10)7(8)12/h4,10H,3H2,1-2H3. The van der Waals surface area contributed by atoms with Crippen molar-refractivity contribution >= 4 is 11.8 Å². The van der Waals surface area contributed by atoms with E-state index in [0.29, 0.717) is 6.26 Å². The Morgan fingerprint density at radius 3 is 2.50 bits per heavy atom. The molecule has 1 N–H and O–H groups in total. The first-order valence-electron chi connectivity index (χ1n) is 3.44. The van der Waals surface area contributed by atoms with Gasteiger partial charge in [0.05, 0.1) is 0 Å². The summed E-state index contributed by atoms with van der Waals surface area (Å²) in [7, 11) is 2.96. The average Bonchev–Trinajstić information content (AvgIpc) is 2.02. The van der Waals surface area contributed by atoms with Crippen molar-refractivity contribution in [2.24, 2.45) is 0 Å². The summed E-state index contributed by atoms with van der Waals surface area (Å²) in [5.41, 5.74) is 0.00810. The molecule has 1 rings (SSSR count). The second kappa shape index (κ2) is 2.84. The van der Waals surface area contributed by atoms with E-state index in [9.17, 15) is 9.59 Å². The summed E-state index contributed by atoms with van der Waals surface area (Å²) in [5, 5.41) is 8.66. The lowest BCUT2D eigenvalue weighted by molar-refractivity contribution is -0.143. The van der Waals surface area contributed by atoms with E-state index in [1.165, 1.54) is 19.0 Å². The van der Waals surface area contributed by atoms with Crippen LogP contribution in [0, 0.1) is 0 Å². The fraction of sp³-hybridized carbons (Fsp3) is 0.429. The van der Waals surface area contributed by atoms with Gasteiger partial charge < -0.3 is 14.9 Å². The molecule has 1 saturated heterocycles. The van der Waals surface area contributed by atoms with Crippen LogP contribution in [0.1, 0.15) is 0 Å². The van der Waals surface area contributed by atoms with Gasteiger partial charge in [-0.2, -0.15) is 0 Å². The Bertz CT molecular complexity index is 259. The third-order valence-electron chi connectivity index (χ3n) is 1.80. The number of piperazine rings is 1. The molecule has 12 heavy (non-hydrogen) atoms. The fourth-order valence-corrected chi connectivity index (χ4v) is 0.996. The molecule has 1 aliphatic rings. The number of likely N-dealkylation sites (N-methyl/N-ethyl adjacent to an activating group) is 2. The second-order valence-corrected chi connectivity index (χ2v) is 2.63. The lowest BCUT2D eigenvalue weighted by atomic mass is 10.2. The van der Waals surface area contributed by atoms with E-state index < -0.39 is 0 Å². The van der Waals surface area contributed by atoms with Gasteiger partial charge in [-0.25, -0.2) is 0 Å². The zero-order valence-corrected chi connectivity index (χ0v) is 6.94. The van der Waals surface area contributed by atoms with Gasteiger partial charge in [-0.3, -0.25) is 9.59 Å².